The molecule has 18 heavy (non-hydrogen) atoms. The summed E-state index contributed by atoms with van der Waals surface area (Å²) < 4.78 is 7.10. The SMILES string of the molecule is O=C(O)c1cccc(OCCn2cc(Cl)cn2)c1. The molecule has 6 heteroatoms. The summed E-state index contributed by atoms with van der Waals surface area (Å²) in [5.74, 6) is -0.451. The molecule has 0 amide bonds. The lowest BCUT2D eigenvalue weighted by Gasteiger charge is -2.06. The van der Waals surface area contributed by atoms with Crippen LogP contribution in [0.15, 0.2) is 36.7 Å². The highest BCUT2D eigenvalue weighted by Crippen LogP contribution is 2.13. The summed E-state index contributed by atoms with van der Waals surface area (Å²) in [5.41, 5.74) is 0.203. The number of nitrogens with zero attached hydrogens (tertiary/aromatic N) is 2. The molecule has 0 aliphatic heterocycles. The molecule has 1 aromatic heterocycles. The fourth-order valence-corrected chi connectivity index (χ4v) is 1.59. The number of carboxylic acid groups (broad SMARTS) is 1. The predicted octanol–water partition coefficient (Wildman–Crippen LogP) is 2.31. The summed E-state index contributed by atoms with van der Waals surface area (Å²) in [6.07, 6.45) is 3.24. The summed E-state index contributed by atoms with van der Waals surface area (Å²) in [6, 6.07) is 6.35. The Kier molecular flexibility index (Phi) is 3.84. The van der Waals surface area contributed by atoms with Crippen molar-refractivity contribution in [3.8, 4) is 5.75 Å². The number of rotatable bonds is 5. The van der Waals surface area contributed by atoms with Crippen molar-refractivity contribution in [2.45, 2.75) is 6.54 Å². The van der Waals surface area contributed by atoms with Crippen LogP contribution in [0, 0.1) is 0 Å². The van der Waals surface area contributed by atoms with Crippen molar-refractivity contribution in [3.05, 3.63) is 47.2 Å². The molecule has 0 saturated carbocycles. The number of carboxylic acids is 1. The van der Waals surface area contributed by atoms with Gasteiger partial charge in [0.1, 0.15) is 12.4 Å². The van der Waals surface area contributed by atoms with Gasteiger partial charge in [0.25, 0.3) is 0 Å². The van der Waals surface area contributed by atoms with Crippen LogP contribution < -0.4 is 4.74 Å². The lowest BCUT2D eigenvalue weighted by atomic mass is 10.2. The van der Waals surface area contributed by atoms with Gasteiger partial charge >= 0.3 is 5.97 Å². The highest BCUT2D eigenvalue weighted by Gasteiger charge is 2.03. The van der Waals surface area contributed by atoms with Crippen molar-refractivity contribution < 1.29 is 14.6 Å². The quantitative estimate of drug-likeness (QED) is 0.902. The van der Waals surface area contributed by atoms with Crippen LogP contribution >= 0.6 is 11.6 Å². The zero-order valence-corrected chi connectivity index (χ0v) is 10.2. The van der Waals surface area contributed by atoms with E-state index in [0.717, 1.165) is 0 Å². The lowest BCUT2D eigenvalue weighted by Crippen LogP contribution is -2.08. The molecule has 0 spiro atoms. The number of hydrogen-bond acceptors (Lipinski definition) is 3. The van der Waals surface area contributed by atoms with Crippen molar-refractivity contribution in [1.82, 2.24) is 9.78 Å². The maximum Gasteiger partial charge on any atom is 0.335 e. The van der Waals surface area contributed by atoms with Crippen LogP contribution in [0.3, 0.4) is 0 Å². The molecule has 0 fully saturated rings. The summed E-state index contributed by atoms with van der Waals surface area (Å²) in [4.78, 5) is 10.8. The van der Waals surface area contributed by atoms with Gasteiger partial charge in [-0.1, -0.05) is 17.7 Å². The van der Waals surface area contributed by atoms with E-state index in [4.69, 9.17) is 21.4 Å². The zero-order chi connectivity index (χ0) is 13.0. The molecule has 5 nitrogen and oxygen atoms in total. The second-order valence-corrected chi connectivity index (χ2v) is 4.04. The summed E-state index contributed by atoms with van der Waals surface area (Å²) in [7, 11) is 0. The minimum atomic E-state index is -0.973. The Hall–Kier alpha value is -2.01. The van der Waals surface area contributed by atoms with Gasteiger partial charge < -0.3 is 9.84 Å². The fourth-order valence-electron chi connectivity index (χ4n) is 1.44. The van der Waals surface area contributed by atoms with E-state index in [9.17, 15) is 4.79 Å². The van der Waals surface area contributed by atoms with Gasteiger partial charge in [-0.05, 0) is 18.2 Å². The Morgan fingerprint density at radius 2 is 2.33 bits per heavy atom. The minimum absolute atomic E-state index is 0.203. The van der Waals surface area contributed by atoms with E-state index >= 15 is 0 Å². The van der Waals surface area contributed by atoms with Gasteiger partial charge in [0.05, 0.1) is 23.3 Å². The third kappa shape index (κ3) is 3.24. The lowest BCUT2D eigenvalue weighted by molar-refractivity contribution is 0.0696. The van der Waals surface area contributed by atoms with Gasteiger partial charge in [-0.2, -0.15) is 5.10 Å². The van der Waals surface area contributed by atoms with Crippen molar-refractivity contribution >= 4 is 17.6 Å². The van der Waals surface area contributed by atoms with Gasteiger partial charge in [0.2, 0.25) is 0 Å². The Bertz CT molecular complexity index is 554. The van der Waals surface area contributed by atoms with Crippen LogP contribution in [0.1, 0.15) is 10.4 Å². The highest BCUT2D eigenvalue weighted by atomic mass is 35.5. The van der Waals surface area contributed by atoms with Gasteiger partial charge in [-0.3, -0.25) is 4.68 Å². The van der Waals surface area contributed by atoms with Crippen LogP contribution in [0.4, 0.5) is 0 Å². The van der Waals surface area contributed by atoms with Gasteiger partial charge in [0.15, 0.2) is 0 Å². The van der Waals surface area contributed by atoms with Crippen molar-refractivity contribution in [2.75, 3.05) is 6.61 Å². The van der Waals surface area contributed by atoms with Gasteiger partial charge in [0, 0.05) is 6.20 Å². The molecule has 0 saturated heterocycles. The Morgan fingerprint density at radius 3 is 3.00 bits per heavy atom. The van der Waals surface area contributed by atoms with Crippen LogP contribution in [0.2, 0.25) is 5.02 Å². The van der Waals surface area contributed by atoms with E-state index in [0.29, 0.717) is 23.9 Å². The smallest absolute Gasteiger partial charge is 0.335 e. The first-order chi connectivity index (χ1) is 8.65. The largest absolute Gasteiger partial charge is 0.492 e. The Balaban J connectivity index is 1.90. The molecule has 0 aliphatic rings. The predicted molar refractivity (Wildman–Crippen MR) is 66.1 cm³/mol. The summed E-state index contributed by atoms with van der Waals surface area (Å²) in [5, 5.41) is 13.4. The molecular weight excluding hydrogens is 256 g/mol. The Morgan fingerprint density at radius 1 is 1.50 bits per heavy atom. The second kappa shape index (κ2) is 5.55. The molecule has 94 valence electrons. The molecular formula is C12H11ClN2O3. The first kappa shape index (κ1) is 12.4. The van der Waals surface area contributed by atoms with E-state index in [1.54, 1.807) is 29.2 Å². The van der Waals surface area contributed by atoms with Gasteiger partial charge in [-0.25, -0.2) is 4.79 Å². The number of hydrogen-bond donors (Lipinski definition) is 1. The molecule has 2 aromatic rings. The fraction of sp³-hybridized carbons (Fsp3) is 0.167. The monoisotopic (exact) mass is 266 g/mol. The van der Waals surface area contributed by atoms with Crippen LogP contribution in [0.5, 0.6) is 5.75 Å². The molecule has 0 radical (unpaired) electrons. The van der Waals surface area contributed by atoms with E-state index in [1.165, 1.54) is 12.1 Å². The molecule has 0 unspecified atom stereocenters. The molecule has 0 bridgehead atoms. The molecule has 1 heterocycles. The van der Waals surface area contributed by atoms with Crippen LogP contribution in [-0.2, 0) is 6.54 Å². The summed E-state index contributed by atoms with van der Waals surface area (Å²) in [6.45, 7) is 0.936. The molecule has 1 aromatic carbocycles. The molecule has 2 rings (SSSR count). The third-order valence-corrected chi connectivity index (χ3v) is 2.47. The normalized spacial score (nSPS) is 10.3. The van der Waals surface area contributed by atoms with E-state index < -0.39 is 5.97 Å². The number of benzene rings is 1. The number of aromatic carboxylic acids is 1. The van der Waals surface area contributed by atoms with E-state index in [-0.39, 0.29) is 5.56 Å². The first-order valence-corrected chi connectivity index (χ1v) is 5.67. The summed E-state index contributed by atoms with van der Waals surface area (Å²) >= 11 is 5.72. The third-order valence-electron chi connectivity index (χ3n) is 2.27. The topological polar surface area (TPSA) is 64.3 Å². The van der Waals surface area contributed by atoms with Gasteiger partial charge in [-0.15, -0.1) is 0 Å². The highest BCUT2D eigenvalue weighted by molar-refractivity contribution is 6.30. The molecule has 0 atom stereocenters. The van der Waals surface area contributed by atoms with Crippen LogP contribution in [0.25, 0.3) is 0 Å². The maximum atomic E-state index is 10.8. The second-order valence-electron chi connectivity index (χ2n) is 3.60. The molecule has 0 aliphatic carbocycles. The number of carbonyl (C=O) groups is 1. The Labute approximate surface area is 109 Å². The zero-order valence-electron chi connectivity index (χ0n) is 9.41. The number of halogens is 1. The number of aromatic nitrogens is 2. The van der Waals surface area contributed by atoms with E-state index in [2.05, 4.69) is 5.10 Å². The standard InChI is InChI=1S/C12H11ClN2O3/c13-10-7-14-15(8-10)4-5-18-11-3-1-2-9(6-11)12(16)17/h1-3,6-8H,4-5H2,(H,16,17). The van der Waals surface area contributed by atoms with Crippen LogP contribution in [-0.4, -0.2) is 27.5 Å². The number of ether oxygens (including phenoxy) is 1. The van der Waals surface area contributed by atoms with Crippen molar-refractivity contribution in [3.63, 3.8) is 0 Å². The van der Waals surface area contributed by atoms with Crippen molar-refractivity contribution in [2.24, 2.45) is 0 Å². The molecule has 1 N–H and O–H groups in total. The minimum Gasteiger partial charge on any atom is -0.492 e. The first-order valence-electron chi connectivity index (χ1n) is 5.29. The average molecular weight is 267 g/mol. The maximum absolute atomic E-state index is 10.8. The van der Waals surface area contributed by atoms with Crippen molar-refractivity contribution in [1.29, 1.82) is 0 Å². The van der Waals surface area contributed by atoms with E-state index in [1.807, 2.05) is 0 Å². The average Bonchev–Trinajstić information content (AvgIpc) is 2.75.